The first-order valence-corrected chi connectivity index (χ1v) is 7.12. The second-order valence-corrected chi connectivity index (χ2v) is 5.32. The number of aromatic nitrogens is 2. The molecule has 0 aliphatic carbocycles. The number of carbonyl (C=O) groups is 1. The minimum atomic E-state index is -4.59. The molecule has 2 rings (SSSR count). The van der Waals surface area contributed by atoms with Crippen molar-refractivity contribution in [2.75, 3.05) is 14.2 Å². The number of nitrogens with zero attached hydrogens (tertiary/aromatic N) is 2. The van der Waals surface area contributed by atoms with E-state index in [2.05, 4.69) is 4.98 Å². The molecule has 8 heteroatoms. The number of rotatable bonds is 4. The molecule has 0 radical (unpaired) electrons. The Morgan fingerprint density at radius 1 is 1.25 bits per heavy atom. The first kappa shape index (κ1) is 17.8. The molecule has 24 heavy (non-hydrogen) atoms. The lowest BCUT2D eigenvalue weighted by Crippen LogP contribution is -2.09. The molecule has 0 aliphatic heterocycles. The van der Waals surface area contributed by atoms with Crippen LogP contribution in [-0.4, -0.2) is 29.7 Å². The highest BCUT2D eigenvalue weighted by atomic mass is 19.4. The lowest BCUT2D eigenvalue weighted by Gasteiger charge is -2.16. The zero-order valence-corrected chi connectivity index (χ0v) is 13.6. The summed E-state index contributed by atoms with van der Waals surface area (Å²) in [5.74, 6) is -0.454. The first-order valence-electron chi connectivity index (χ1n) is 7.12. The Hall–Kier alpha value is -2.51. The van der Waals surface area contributed by atoms with E-state index in [0.717, 1.165) is 6.20 Å². The Morgan fingerprint density at radius 2 is 1.92 bits per heavy atom. The Kier molecular flexibility index (Phi) is 4.86. The average Bonchev–Trinajstić information content (AvgIpc) is 2.98. The highest BCUT2D eigenvalue weighted by Gasteiger charge is 2.36. The van der Waals surface area contributed by atoms with Crippen molar-refractivity contribution in [3.63, 3.8) is 0 Å². The number of esters is 1. The van der Waals surface area contributed by atoms with Crippen molar-refractivity contribution in [2.45, 2.75) is 26.1 Å². The smallest absolute Gasteiger partial charge is 0.434 e. The first-order chi connectivity index (χ1) is 11.2. The molecular formula is C16H17F3N2O3. The monoisotopic (exact) mass is 342 g/mol. The van der Waals surface area contributed by atoms with Gasteiger partial charge in [0.25, 0.3) is 0 Å². The maximum Gasteiger partial charge on any atom is 0.434 e. The predicted octanol–water partition coefficient (Wildman–Crippen LogP) is 3.95. The minimum absolute atomic E-state index is 0.00447. The number of halogens is 3. The Balaban J connectivity index is 2.80. The van der Waals surface area contributed by atoms with Gasteiger partial charge in [0, 0.05) is 12.2 Å². The molecule has 0 saturated heterocycles. The summed E-state index contributed by atoms with van der Waals surface area (Å²) in [4.78, 5) is 15.7. The normalized spacial score (nSPS) is 11.7. The molecule has 0 atom stereocenters. The lowest BCUT2D eigenvalue weighted by molar-refractivity contribution is -0.140. The van der Waals surface area contributed by atoms with Gasteiger partial charge in [-0.25, -0.2) is 9.78 Å². The van der Waals surface area contributed by atoms with Crippen LogP contribution in [0.2, 0.25) is 0 Å². The Morgan fingerprint density at radius 3 is 2.42 bits per heavy atom. The van der Waals surface area contributed by atoms with Crippen molar-refractivity contribution < 1.29 is 27.4 Å². The highest BCUT2D eigenvalue weighted by molar-refractivity contribution is 5.98. The molecule has 0 aliphatic rings. The van der Waals surface area contributed by atoms with Gasteiger partial charge in [-0.1, -0.05) is 6.07 Å². The van der Waals surface area contributed by atoms with E-state index in [4.69, 9.17) is 9.47 Å². The molecule has 0 N–H and O–H groups in total. The number of imidazole rings is 1. The molecule has 0 fully saturated rings. The molecule has 5 nitrogen and oxygen atoms in total. The van der Waals surface area contributed by atoms with Gasteiger partial charge in [-0.15, -0.1) is 0 Å². The second kappa shape index (κ2) is 6.54. The van der Waals surface area contributed by atoms with Crippen LogP contribution in [-0.2, 0) is 10.9 Å². The molecule has 0 spiro atoms. The summed E-state index contributed by atoms with van der Waals surface area (Å²) in [5.41, 5.74) is -0.790. The fourth-order valence-electron chi connectivity index (χ4n) is 2.32. The summed E-state index contributed by atoms with van der Waals surface area (Å²) in [6, 6.07) is 4.26. The van der Waals surface area contributed by atoms with Crippen molar-refractivity contribution in [2.24, 2.45) is 0 Å². The van der Waals surface area contributed by atoms with Gasteiger partial charge in [-0.3, -0.25) is 0 Å². The summed E-state index contributed by atoms with van der Waals surface area (Å²) in [5, 5.41) is 0. The Labute approximate surface area is 137 Å². The topological polar surface area (TPSA) is 53.4 Å². The third-order valence-corrected chi connectivity index (χ3v) is 3.45. The number of hydrogen-bond donors (Lipinski definition) is 0. The van der Waals surface area contributed by atoms with Crippen molar-refractivity contribution >= 4 is 5.97 Å². The summed E-state index contributed by atoms with van der Waals surface area (Å²) in [6.07, 6.45) is -3.67. The SMILES string of the molecule is COC(=O)c1cccc(OC)c1-c1nc(C(F)(F)F)cn1C(C)C. The fraction of sp³-hybridized carbons (Fsp3) is 0.375. The van der Waals surface area contributed by atoms with Crippen LogP contribution < -0.4 is 4.74 Å². The van der Waals surface area contributed by atoms with E-state index in [1.54, 1.807) is 26.0 Å². The van der Waals surface area contributed by atoms with E-state index in [9.17, 15) is 18.0 Å². The quantitative estimate of drug-likeness (QED) is 0.790. The predicted molar refractivity (Wildman–Crippen MR) is 80.9 cm³/mol. The van der Waals surface area contributed by atoms with Gasteiger partial charge in [-0.05, 0) is 26.0 Å². The van der Waals surface area contributed by atoms with E-state index >= 15 is 0 Å². The van der Waals surface area contributed by atoms with Crippen LogP contribution in [0.5, 0.6) is 5.75 Å². The number of ether oxygens (including phenoxy) is 2. The van der Waals surface area contributed by atoms with Gasteiger partial charge >= 0.3 is 12.1 Å². The van der Waals surface area contributed by atoms with Gasteiger partial charge in [0.15, 0.2) is 5.69 Å². The number of alkyl halides is 3. The van der Waals surface area contributed by atoms with Crippen molar-refractivity contribution in [3.8, 4) is 17.1 Å². The van der Waals surface area contributed by atoms with E-state index in [-0.39, 0.29) is 28.7 Å². The lowest BCUT2D eigenvalue weighted by atomic mass is 10.1. The summed E-state index contributed by atoms with van der Waals surface area (Å²) < 4.78 is 50.5. The minimum Gasteiger partial charge on any atom is -0.496 e. The van der Waals surface area contributed by atoms with Gasteiger partial charge in [0.05, 0.1) is 25.3 Å². The summed E-state index contributed by atoms with van der Waals surface area (Å²) in [7, 11) is 2.56. The maximum absolute atomic E-state index is 13.1. The van der Waals surface area contributed by atoms with Crippen LogP contribution in [0.25, 0.3) is 11.4 Å². The number of methoxy groups -OCH3 is 2. The fourth-order valence-corrected chi connectivity index (χ4v) is 2.32. The molecule has 2 aromatic rings. The largest absolute Gasteiger partial charge is 0.496 e. The molecule has 1 heterocycles. The van der Waals surface area contributed by atoms with Crippen molar-refractivity contribution in [1.29, 1.82) is 0 Å². The molecular weight excluding hydrogens is 325 g/mol. The van der Waals surface area contributed by atoms with Crippen molar-refractivity contribution in [3.05, 3.63) is 35.7 Å². The van der Waals surface area contributed by atoms with Gasteiger partial charge in [0.2, 0.25) is 0 Å². The number of hydrogen-bond acceptors (Lipinski definition) is 4. The van der Waals surface area contributed by atoms with Gasteiger partial charge in [0.1, 0.15) is 11.6 Å². The number of carbonyl (C=O) groups excluding carboxylic acids is 1. The van der Waals surface area contributed by atoms with Crippen molar-refractivity contribution in [1.82, 2.24) is 9.55 Å². The molecule has 1 aromatic carbocycles. The van der Waals surface area contributed by atoms with Gasteiger partial charge < -0.3 is 14.0 Å². The molecule has 0 saturated carbocycles. The maximum atomic E-state index is 13.1. The van der Waals surface area contributed by atoms with E-state index in [1.165, 1.54) is 24.9 Å². The van der Waals surface area contributed by atoms with Crippen LogP contribution in [0, 0.1) is 0 Å². The zero-order valence-electron chi connectivity index (χ0n) is 13.6. The van der Waals surface area contributed by atoms with Crippen LogP contribution in [0.1, 0.15) is 35.9 Å². The van der Waals surface area contributed by atoms with E-state index < -0.39 is 17.8 Å². The second-order valence-electron chi connectivity index (χ2n) is 5.32. The van der Waals surface area contributed by atoms with Crippen LogP contribution in [0.3, 0.4) is 0 Å². The Bertz CT molecular complexity index is 752. The molecule has 130 valence electrons. The summed E-state index contributed by atoms with van der Waals surface area (Å²) in [6.45, 7) is 3.44. The third kappa shape index (κ3) is 3.22. The highest BCUT2D eigenvalue weighted by Crippen LogP contribution is 2.37. The average molecular weight is 342 g/mol. The third-order valence-electron chi connectivity index (χ3n) is 3.45. The molecule has 1 aromatic heterocycles. The van der Waals surface area contributed by atoms with Crippen LogP contribution >= 0.6 is 0 Å². The van der Waals surface area contributed by atoms with Crippen LogP contribution in [0.15, 0.2) is 24.4 Å². The van der Waals surface area contributed by atoms with Crippen LogP contribution in [0.4, 0.5) is 13.2 Å². The molecule has 0 unspecified atom stereocenters. The van der Waals surface area contributed by atoms with E-state index in [1.807, 2.05) is 0 Å². The molecule has 0 bridgehead atoms. The number of benzene rings is 1. The standard InChI is InChI=1S/C16H17F3N2O3/c1-9(2)21-8-12(16(17,18)19)20-14(21)13-10(15(22)24-4)6-5-7-11(13)23-3/h5-9H,1-4H3. The van der Waals surface area contributed by atoms with E-state index in [0.29, 0.717) is 0 Å². The zero-order chi connectivity index (χ0) is 18.1. The summed E-state index contributed by atoms with van der Waals surface area (Å²) >= 11 is 0. The van der Waals surface area contributed by atoms with Gasteiger partial charge in [-0.2, -0.15) is 13.2 Å². The molecule has 0 amide bonds.